The Morgan fingerprint density at radius 2 is 2.00 bits per heavy atom. The lowest BCUT2D eigenvalue weighted by atomic mass is 10.1. The van der Waals surface area contributed by atoms with Crippen LogP contribution in [-0.2, 0) is 11.2 Å². The van der Waals surface area contributed by atoms with E-state index in [4.69, 9.17) is 9.52 Å². The molecule has 0 fully saturated rings. The maximum absolute atomic E-state index is 11.9. The molecule has 6 nitrogen and oxygen atoms in total. The molecular weight excluding hydrogens is 260 g/mol. The van der Waals surface area contributed by atoms with Gasteiger partial charge in [-0.3, -0.25) is 9.59 Å². The van der Waals surface area contributed by atoms with E-state index in [1.54, 1.807) is 31.2 Å². The average Bonchev–Trinajstić information content (AvgIpc) is 2.84. The standard InChI is InChI=1S/C14H14N2O4/c1-9-13(15-8-20-9)14(19)16-11-5-2-10(3-6-11)4-7-12(17)18/h2-3,5-6,8H,4,7H2,1H3,(H,16,19)(H,17,18). The maximum Gasteiger partial charge on any atom is 0.303 e. The molecule has 1 aromatic heterocycles. The summed E-state index contributed by atoms with van der Waals surface area (Å²) in [4.78, 5) is 26.2. The fourth-order valence-corrected chi connectivity index (χ4v) is 1.72. The molecule has 1 amide bonds. The van der Waals surface area contributed by atoms with E-state index in [9.17, 15) is 9.59 Å². The van der Waals surface area contributed by atoms with E-state index < -0.39 is 5.97 Å². The third-order valence-corrected chi connectivity index (χ3v) is 2.80. The van der Waals surface area contributed by atoms with Gasteiger partial charge in [0.25, 0.3) is 5.91 Å². The first-order valence-corrected chi connectivity index (χ1v) is 6.08. The van der Waals surface area contributed by atoms with E-state index in [-0.39, 0.29) is 18.0 Å². The number of nitrogens with zero attached hydrogens (tertiary/aromatic N) is 1. The number of aryl methyl sites for hydroxylation is 2. The van der Waals surface area contributed by atoms with Gasteiger partial charge in [0.2, 0.25) is 0 Å². The van der Waals surface area contributed by atoms with Gasteiger partial charge < -0.3 is 14.8 Å². The molecule has 2 N–H and O–H groups in total. The molecular formula is C14H14N2O4. The number of carboxylic acid groups (broad SMARTS) is 1. The first kappa shape index (κ1) is 13.8. The Balaban J connectivity index is 1.99. The van der Waals surface area contributed by atoms with Crippen molar-refractivity contribution in [3.05, 3.63) is 47.7 Å². The number of carboxylic acids is 1. The minimum Gasteiger partial charge on any atom is -0.481 e. The Morgan fingerprint density at radius 3 is 2.55 bits per heavy atom. The van der Waals surface area contributed by atoms with Crippen molar-refractivity contribution >= 4 is 17.6 Å². The lowest BCUT2D eigenvalue weighted by Gasteiger charge is -2.05. The van der Waals surface area contributed by atoms with Crippen LogP contribution in [0.25, 0.3) is 0 Å². The average molecular weight is 274 g/mol. The fraction of sp³-hybridized carbons (Fsp3) is 0.214. The summed E-state index contributed by atoms with van der Waals surface area (Å²) in [5.74, 6) is -0.709. The second-order valence-corrected chi connectivity index (χ2v) is 4.30. The molecule has 0 bridgehead atoms. The molecule has 0 radical (unpaired) electrons. The van der Waals surface area contributed by atoms with Gasteiger partial charge in [-0.25, -0.2) is 4.98 Å². The van der Waals surface area contributed by atoms with Crippen molar-refractivity contribution in [2.24, 2.45) is 0 Å². The quantitative estimate of drug-likeness (QED) is 0.872. The molecule has 2 aromatic rings. The molecule has 0 spiro atoms. The van der Waals surface area contributed by atoms with Gasteiger partial charge in [0.15, 0.2) is 12.1 Å². The third kappa shape index (κ3) is 3.44. The van der Waals surface area contributed by atoms with Gasteiger partial charge in [0.1, 0.15) is 5.76 Å². The number of hydrogen-bond acceptors (Lipinski definition) is 4. The van der Waals surface area contributed by atoms with Gasteiger partial charge in [-0.15, -0.1) is 0 Å². The summed E-state index contributed by atoms with van der Waals surface area (Å²) in [7, 11) is 0. The SMILES string of the molecule is Cc1ocnc1C(=O)Nc1ccc(CCC(=O)O)cc1. The van der Waals surface area contributed by atoms with E-state index in [1.165, 1.54) is 6.39 Å². The predicted octanol–water partition coefficient (Wildman–Crippen LogP) is 2.25. The van der Waals surface area contributed by atoms with Crippen molar-refractivity contribution in [1.82, 2.24) is 4.98 Å². The molecule has 1 heterocycles. The number of aromatic nitrogens is 1. The largest absolute Gasteiger partial charge is 0.481 e. The van der Waals surface area contributed by atoms with Crippen LogP contribution in [-0.4, -0.2) is 22.0 Å². The van der Waals surface area contributed by atoms with Crippen molar-refractivity contribution in [3.63, 3.8) is 0 Å². The van der Waals surface area contributed by atoms with Crippen molar-refractivity contribution in [1.29, 1.82) is 0 Å². The smallest absolute Gasteiger partial charge is 0.303 e. The number of rotatable bonds is 5. The number of aliphatic carboxylic acids is 1. The maximum atomic E-state index is 11.9. The summed E-state index contributed by atoms with van der Waals surface area (Å²) in [5, 5.41) is 11.3. The summed E-state index contributed by atoms with van der Waals surface area (Å²) in [6, 6.07) is 7.03. The number of anilines is 1. The number of nitrogens with one attached hydrogen (secondary N) is 1. The number of benzene rings is 1. The van der Waals surface area contributed by atoms with Crippen LogP contribution in [0.15, 0.2) is 35.1 Å². The Labute approximate surface area is 115 Å². The summed E-state index contributed by atoms with van der Waals surface area (Å²) in [5.41, 5.74) is 1.78. The summed E-state index contributed by atoms with van der Waals surface area (Å²) in [6.07, 6.45) is 1.77. The molecule has 1 aromatic carbocycles. The van der Waals surface area contributed by atoms with Gasteiger partial charge in [-0.05, 0) is 31.0 Å². The number of carbonyl (C=O) groups is 2. The minimum absolute atomic E-state index is 0.0871. The van der Waals surface area contributed by atoms with Crippen LogP contribution in [0.2, 0.25) is 0 Å². The van der Waals surface area contributed by atoms with Gasteiger partial charge in [-0.1, -0.05) is 12.1 Å². The van der Waals surface area contributed by atoms with Gasteiger partial charge >= 0.3 is 5.97 Å². The highest BCUT2D eigenvalue weighted by molar-refractivity contribution is 6.03. The summed E-state index contributed by atoms with van der Waals surface area (Å²) in [6.45, 7) is 1.66. The second-order valence-electron chi connectivity index (χ2n) is 4.30. The first-order chi connectivity index (χ1) is 9.56. The van der Waals surface area contributed by atoms with Crippen molar-refractivity contribution in [2.45, 2.75) is 19.8 Å². The summed E-state index contributed by atoms with van der Waals surface area (Å²) < 4.78 is 4.97. The lowest BCUT2D eigenvalue weighted by Crippen LogP contribution is -2.13. The molecule has 2 rings (SSSR count). The first-order valence-electron chi connectivity index (χ1n) is 6.08. The Morgan fingerprint density at radius 1 is 1.30 bits per heavy atom. The van der Waals surface area contributed by atoms with Gasteiger partial charge in [-0.2, -0.15) is 0 Å². The number of carbonyl (C=O) groups excluding carboxylic acids is 1. The van der Waals surface area contributed by atoms with Crippen LogP contribution in [0, 0.1) is 6.92 Å². The van der Waals surface area contributed by atoms with E-state index in [0.29, 0.717) is 17.9 Å². The third-order valence-electron chi connectivity index (χ3n) is 2.80. The zero-order valence-electron chi connectivity index (χ0n) is 10.9. The van der Waals surface area contributed by atoms with E-state index in [0.717, 1.165) is 5.56 Å². The van der Waals surface area contributed by atoms with Crippen LogP contribution in [0.4, 0.5) is 5.69 Å². The van der Waals surface area contributed by atoms with Crippen molar-refractivity contribution in [2.75, 3.05) is 5.32 Å². The molecule has 0 aliphatic rings. The predicted molar refractivity (Wildman–Crippen MR) is 71.6 cm³/mol. The minimum atomic E-state index is -0.830. The lowest BCUT2D eigenvalue weighted by molar-refractivity contribution is -0.136. The zero-order chi connectivity index (χ0) is 14.5. The zero-order valence-corrected chi connectivity index (χ0v) is 10.9. The molecule has 0 aliphatic carbocycles. The van der Waals surface area contributed by atoms with E-state index >= 15 is 0 Å². The van der Waals surface area contributed by atoms with Gasteiger partial charge in [0.05, 0.1) is 0 Å². The number of amides is 1. The number of hydrogen-bond donors (Lipinski definition) is 2. The van der Waals surface area contributed by atoms with Crippen molar-refractivity contribution < 1.29 is 19.1 Å². The monoisotopic (exact) mass is 274 g/mol. The molecule has 20 heavy (non-hydrogen) atoms. The van der Waals surface area contributed by atoms with Crippen LogP contribution in [0.5, 0.6) is 0 Å². The summed E-state index contributed by atoms with van der Waals surface area (Å²) >= 11 is 0. The molecule has 104 valence electrons. The Hall–Kier alpha value is -2.63. The normalized spacial score (nSPS) is 10.2. The molecule has 0 unspecified atom stereocenters. The highest BCUT2D eigenvalue weighted by Crippen LogP contribution is 2.13. The molecule has 0 aliphatic heterocycles. The fourth-order valence-electron chi connectivity index (χ4n) is 1.72. The second kappa shape index (κ2) is 6.01. The molecule has 0 atom stereocenters. The molecule has 0 saturated carbocycles. The van der Waals surface area contributed by atoms with Crippen LogP contribution < -0.4 is 5.32 Å². The Bertz CT molecular complexity index is 616. The van der Waals surface area contributed by atoms with Crippen molar-refractivity contribution in [3.8, 4) is 0 Å². The highest BCUT2D eigenvalue weighted by Gasteiger charge is 2.13. The van der Waals surface area contributed by atoms with Crippen LogP contribution >= 0.6 is 0 Å². The molecule has 0 saturated heterocycles. The van der Waals surface area contributed by atoms with Gasteiger partial charge in [0, 0.05) is 12.1 Å². The molecule has 6 heteroatoms. The van der Waals surface area contributed by atoms with E-state index in [2.05, 4.69) is 10.3 Å². The van der Waals surface area contributed by atoms with Crippen LogP contribution in [0.3, 0.4) is 0 Å². The van der Waals surface area contributed by atoms with E-state index in [1.807, 2.05) is 0 Å². The number of oxazole rings is 1. The Kier molecular flexibility index (Phi) is 4.14. The van der Waals surface area contributed by atoms with Crippen LogP contribution in [0.1, 0.15) is 28.2 Å². The highest BCUT2D eigenvalue weighted by atomic mass is 16.4. The topological polar surface area (TPSA) is 92.4 Å².